The highest BCUT2D eigenvalue weighted by molar-refractivity contribution is 4.77. The molecule has 0 aromatic carbocycles. The molecule has 0 heterocycles. The van der Waals surface area contributed by atoms with Crippen LogP contribution in [0.1, 0.15) is 25.7 Å². The molecule has 0 saturated heterocycles. The number of aliphatic hydroxyl groups excluding tert-OH is 1. The number of hydrogen-bond acceptors (Lipinski definition) is 4. The Kier molecular flexibility index (Phi) is 6.17. The van der Waals surface area contributed by atoms with Gasteiger partial charge in [0, 0.05) is 33.4 Å². The van der Waals surface area contributed by atoms with Crippen LogP contribution in [0.15, 0.2) is 0 Å². The number of ether oxygens (including phenoxy) is 2. The highest BCUT2D eigenvalue weighted by Crippen LogP contribution is 2.23. The van der Waals surface area contributed by atoms with Gasteiger partial charge in [0.05, 0.1) is 6.61 Å². The molecule has 0 aromatic heterocycles. The van der Waals surface area contributed by atoms with Crippen LogP contribution in [-0.2, 0) is 9.47 Å². The maximum Gasteiger partial charge on any atom is 0.169 e. The van der Waals surface area contributed by atoms with Crippen LogP contribution in [0, 0.1) is 0 Å². The Bertz CT molecular complexity index is 156. The van der Waals surface area contributed by atoms with Gasteiger partial charge in [-0.05, 0) is 12.8 Å². The Hall–Kier alpha value is -0.160. The van der Waals surface area contributed by atoms with E-state index in [9.17, 15) is 0 Å². The number of hydrogen-bond donors (Lipinski definition) is 1. The lowest BCUT2D eigenvalue weighted by Gasteiger charge is -2.30. The molecule has 0 unspecified atom stereocenters. The molecule has 0 spiro atoms. The fraction of sp³-hybridized carbons (Fsp3) is 1.00. The van der Waals surface area contributed by atoms with Gasteiger partial charge in [-0.1, -0.05) is 12.8 Å². The molecule has 1 N–H and O–H groups in total. The highest BCUT2D eigenvalue weighted by Gasteiger charge is 2.24. The molecule has 0 aliphatic heterocycles. The molecule has 4 nitrogen and oxygen atoms in total. The van der Waals surface area contributed by atoms with Gasteiger partial charge in [0.2, 0.25) is 0 Å². The molecule has 1 rings (SSSR count). The molecular weight excluding hydrogens is 194 g/mol. The Morgan fingerprint density at radius 3 is 2.33 bits per heavy atom. The van der Waals surface area contributed by atoms with Gasteiger partial charge in [-0.2, -0.15) is 0 Å². The van der Waals surface area contributed by atoms with Crippen LogP contribution >= 0.6 is 0 Å². The molecular formula is C11H23NO3. The van der Waals surface area contributed by atoms with Crippen molar-refractivity contribution in [2.24, 2.45) is 0 Å². The first-order valence-corrected chi connectivity index (χ1v) is 5.72. The van der Waals surface area contributed by atoms with Gasteiger partial charge in [0.1, 0.15) is 0 Å². The van der Waals surface area contributed by atoms with E-state index in [0.29, 0.717) is 12.6 Å². The maximum absolute atomic E-state index is 9.03. The number of nitrogens with zero attached hydrogens (tertiary/aromatic N) is 1. The Morgan fingerprint density at radius 2 is 1.87 bits per heavy atom. The summed E-state index contributed by atoms with van der Waals surface area (Å²) < 4.78 is 10.4. The summed E-state index contributed by atoms with van der Waals surface area (Å²) in [7, 11) is 3.31. The third-order valence-corrected chi connectivity index (χ3v) is 3.14. The number of rotatable bonds is 7. The average molecular weight is 217 g/mol. The topological polar surface area (TPSA) is 41.9 Å². The van der Waals surface area contributed by atoms with E-state index in [1.807, 2.05) is 0 Å². The summed E-state index contributed by atoms with van der Waals surface area (Å²) in [5.74, 6) is 0. The molecule has 0 bridgehead atoms. The van der Waals surface area contributed by atoms with Crippen LogP contribution in [0.3, 0.4) is 0 Å². The highest BCUT2D eigenvalue weighted by atomic mass is 16.7. The molecule has 1 saturated carbocycles. The minimum Gasteiger partial charge on any atom is -0.395 e. The van der Waals surface area contributed by atoms with Crippen LogP contribution in [-0.4, -0.2) is 56.3 Å². The Morgan fingerprint density at radius 1 is 1.27 bits per heavy atom. The normalized spacial score (nSPS) is 18.2. The summed E-state index contributed by atoms with van der Waals surface area (Å²) in [5.41, 5.74) is 0. The predicted molar refractivity (Wildman–Crippen MR) is 58.7 cm³/mol. The smallest absolute Gasteiger partial charge is 0.169 e. The van der Waals surface area contributed by atoms with Crippen LogP contribution in [0.2, 0.25) is 0 Å². The van der Waals surface area contributed by atoms with Crippen LogP contribution < -0.4 is 0 Å². The van der Waals surface area contributed by atoms with Gasteiger partial charge < -0.3 is 14.6 Å². The van der Waals surface area contributed by atoms with E-state index in [2.05, 4.69) is 4.90 Å². The van der Waals surface area contributed by atoms with E-state index in [1.165, 1.54) is 25.7 Å². The first kappa shape index (κ1) is 12.9. The van der Waals surface area contributed by atoms with Crippen molar-refractivity contribution in [3.63, 3.8) is 0 Å². The summed E-state index contributed by atoms with van der Waals surface area (Å²) in [5, 5.41) is 9.03. The van der Waals surface area contributed by atoms with Crippen molar-refractivity contribution in [2.45, 2.75) is 38.0 Å². The zero-order valence-corrected chi connectivity index (χ0v) is 9.82. The van der Waals surface area contributed by atoms with Gasteiger partial charge in [-0.15, -0.1) is 0 Å². The van der Waals surface area contributed by atoms with Crippen LogP contribution in [0.25, 0.3) is 0 Å². The van der Waals surface area contributed by atoms with Gasteiger partial charge in [0.15, 0.2) is 6.29 Å². The van der Waals surface area contributed by atoms with Crippen molar-refractivity contribution in [1.29, 1.82) is 0 Å². The fourth-order valence-electron chi connectivity index (χ4n) is 2.26. The van der Waals surface area contributed by atoms with Crippen molar-refractivity contribution >= 4 is 0 Å². The third kappa shape index (κ3) is 4.07. The molecule has 1 fully saturated rings. The second-order valence-corrected chi connectivity index (χ2v) is 4.06. The van der Waals surface area contributed by atoms with Crippen molar-refractivity contribution < 1.29 is 14.6 Å². The Balaban J connectivity index is 2.40. The average Bonchev–Trinajstić information content (AvgIpc) is 2.77. The zero-order valence-electron chi connectivity index (χ0n) is 9.82. The van der Waals surface area contributed by atoms with E-state index in [1.54, 1.807) is 14.2 Å². The largest absolute Gasteiger partial charge is 0.395 e. The monoisotopic (exact) mass is 217 g/mol. The lowest BCUT2D eigenvalue weighted by Crippen LogP contribution is -2.42. The second kappa shape index (κ2) is 7.17. The molecule has 90 valence electrons. The van der Waals surface area contributed by atoms with Gasteiger partial charge in [-0.3, -0.25) is 4.90 Å². The van der Waals surface area contributed by atoms with Crippen molar-refractivity contribution in [3.8, 4) is 0 Å². The van der Waals surface area contributed by atoms with Crippen LogP contribution in [0.4, 0.5) is 0 Å². The Labute approximate surface area is 92.2 Å². The summed E-state index contributed by atoms with van der Waals surface area (Å²) in [4.78, 5) is 2.28. The first-order valence-electron chi connectivity index (χ1n) is 5.72. The van der Waals surface area contributed by atoms with E-state index in [-0.39, 0.29) is 12.9 Å². The standard InChI is InChI=1S/C11H23NO3/c1-14-11(15-2)9-12(7-8-13)10-5-3-4-6-10/h10-11,13H,3-9H2,1-2H3. The van der Waals surface area contributed by atoms with Crippen molar-refractivity contribution in [3.05, 3.63) is 0 Å². The molecule has 0 amide bonds. The van der Waals surface area contributed by atoms with E-state index >= 15 is 0 Å². The van der Waals surface area contributed by atoms with Gasteiger partial charge in [-0.25, -0.2) is 0 Å². The fourth-order valence-corrected chi connectivity index (χ4v) is 2.26. The molecule has 15 heavy (non-hydrogen) atoms. The summed E-state index contributed by atoms with van der Waals surface area (Å²) in [6, 6.07) is 0.602. The lowest BCUT2D eigenvalue weighted by molar-refractivity contribution is -0.121. The van der Waals surface area contributed by atoms with E-state index < -0.39 is 0 Å². The maximum atomic E-state index is 9.03. The quantitative estimate of drug-likeness (QED) is 0.642. The van der Waals surface area contributed by atoms with Gasteiger partial charge in [0.25, 0.3) is 0 Å². The van der Waals surface area contributed by atoms with Gasteiger partial charge >= 0.3 is 0 Å². The molecule has 1 aliphatic rings. The molecule has 0 atom stereocenters. The number of methoxy groups -OCH3 is 2. The lowest BCUT2D eigenvalue weighted by atomic mass is 10.2. The molecule has 0 aromatic rings. The second-order valence-electron chi connectivity index (χ2n) is 4.06. The number of aliphatic hydroxyl groups is 1. The van der Waals surface area contributed by atoms with Crippen molar-refractivity contribution in [2.75, 3.05) is 33.9 Å². The summed E-state index contributed by atoms with van der Waals surface area (Å²) >= 11 is 0. The zero-order chi connectivity index (χ0) is 11.1. The van der Waals surface area contributed by atoms with Crippen molar-refractivity contribution in [1.82, 2.24) is 4.90 Å². The van der Waals surface area contributed by atoms with E-state index in [4.69, 9.17) is 14.6 Å². The SMILES string of the molecule is COC(CN(CCO)C1CCCC1)OC. The molecule has 0 radical (unpaired) electrons. The third-order valence-electron chi connectivity index (χ3n) is 3.14. The minimum absolute atomic E-state index is 0.183. The summed E-state index contributed by atoms with van der Waals surface area (Å²) in [6.45, 7) is 1.67. The molecule has 1 aliphatic carbocycles. The van der Waals surface area contributed by atoms with Crippen LogP contribution in [0.5, 0.6) is 0 Å². The minimum atomic E-state index is -0.183. The first-order chi connectivity index (χ1) is 7.31. The summed E-state index contributed by atoms with van der Waals surface area (Å²) in [6.07, 6.45) is 4.89. The molecule has 4 heteroatoms. The predicted octanol–water partition coefficient (Wildman–Crippen LogP) is 0.842. The van der Waals surface area contributed by atoms with E-state index in [0.717, 1.165) is 6.54 Å².